The van der Waals surface area contributed by atoms with E-state index in [0.717, 1.165) is 18.7 Å². The van der Waals surface area contributed by atoms with Crippen LogP contribution in [0.3, 0.4) is 0 Å². The van der Waals surface area contributed by atoms with E-state index in [9.17, 15) is 4.79 Å². The van der Waals surface area contributed by atoms with Crippen LogP contribution in [0.4, 0.5) is 5.69 Å². The van der Waals surface area contributed by atoms with Gasteiger partial charge < -0.3 is 10.6 Å². The molecule has 0 aromatic carbocycles. The summed E-state index contributed by atoms with van der Waals surface area (Å²) in [5.74, 6) is 0. The van der Waals surface area contributed by atoms with Gasteiger partial charge in [-0.05, 0) is 13.3 Å². The molecule has 0 aliphatic heterocycles. The van der Waals surface area contributed by atoms with Crippen LogP contribution < -0.4 is 16.2 Å². The van der Waals surface area contributed by atoms with Gasteiger partial charge in [-0.1, -0.05) is 6.92 Å². The summed E-state index contributed by atoms with van der Waals surface area (Å²) >= 11 is 0. The second-order valence-corrected chi connectivity index (χ2v) is 4.13. The Hall–Kier alpha value is -1.36. The smallest absolute Gasteiger partial charge is 0.268 e. The van der Waals surface area contributed by atoms with E-state index in [1.165, 1.54) is 4.68 Å². The predicted molar refractivity (Wildman–Crippen MR) is 65.7 cm³/mol. The van der Waals surface area contributed by atoms with E-state index >= 15 is 0 Å². The van der Waals surface area contributed by atoms with Crippen LogP contribution in [0.25, 0.3) is 0 Å². The summed E-state index contributed by atoms with van der Waals surface area (Å²) < 4.78 is 1.40. The van der Waals surface area contributed by atoms with Crippen molar-refractivity contribution in [3.8, 4) is 0 Å². The zero-order chi connectivity index (χ0) is 12.1. The average molecular weight is 224 g/mol. The van der Waals surface area contributed by atoms with Gasteiger partial charge in [0.25, 0.3) is 5.56 Å². The van der Waals surface area contributed by atoms with Crippen molar-refractivity contribution in [2.75, 3.05) is 18.5 Å². The van der Waals surface area contributed by atoms with E-state index in [4.69, 9.17) is 5.73 Å². The fourth-order valence-electron chi connectivity index (χ4n) is 1.51. The molecule has 0 bridgehead atoms. The predicted octanol–water partition coefficient (Wildman–Crippen LogP) is 0.437. The van der Waals surface area contributed by atoms with Crippen molar-refractivity contribution in [1.82, 2.24) is 9.78 Å². The Bertz CT molecular complexity index is 386. The van der Waals surface area contributed by atoms with Crippen molar-refractivity contribution in [2.45, 2.75) is 32.9 Å². The molecule has 0 radical (unpaired) electrons. The first-order chi connectivity index (χ1) is 7.54. The minimum absolute atomic E-state index is 0.0654. The molecular formula is C11H20N4O. The van der Waals surface area contributed by atoms with Crippen LogP contribution >= 0.6 is 0 Å². The van der Waals surface area contributed by atoms with Crippen LogP contribution in [0, 0.1) is 0 Å². The number of nitrogens with zero attached hydrogens (tertiary/aromatic N) is 3. The molecule has 5 nitrogen and oxygen atoms in total. The zero-order valence-electron chi connectivity index (χ0n) is 10.2. The lowest BCUT2D eigenvalue weighted by molar-refractivity contribution is 0.513. The third-order valence-corrected chi connectivity index (χ3v) is 2.32. The molecule has 1 atom stereocenters. The van der Waals surface area contributed by atoms with Crippen molar-refractivity contribution in [3.05, 3.63) is 22.6 Å². The van der Waals surface area contributed by atoms with E-state index in [1.807, 2.05) is 18.9 Å². The maximum atomic E-state index is 11.7. The molecule has 0 unspecified atom stereocenters. The molecule has 0 aliphatic carbocycles. The van der Waals surface area contributed by atoms with E-state index in [-0.39, 0.29) is 11.6 Å². The monoisotopic (exact) mass is 224 g/mol. The Balaban J connectivity index is 2.86. The number of rotatable bonds is 5. The molecule has 90 valence electrons. The molecule has 0 saturated heterocycles. The molecule has 0 fully saturated rings. The Morgan fingerprint density at radius 3 is 2.81 bits per heavy atom. The normalized spacial score (nSPS) is 12.5. The molecule has 5 heteroatoms. The second-order valence-electron chi connectivity index (χ2n) is 4.13. The summed E-state index contributed by atoms with van der Waals surface area (Å²) in [6.45, 7) is 5.32. The minimum atomic E-state index is -0.0993. The first-order valence-electron chi connectivity index (χ1n) is 5.58. The van der Waals surface area contributed by atoms with Crippen LogP contribution in [0.2, 0.25) is 0 Å². The molecule has 1 rings (SSSR count). The van der Waals surface area contributed by atoms with Gasteiger partial charge in [-0.3, -0.25) is 4.79 Å². The van der Waals surface area contributed by atoms with Crippen molar-refractivity contribution < 1.29 is 0 Å². The van der Waals surface area contributed by atoms with Crippen molar-refractivity contribution in [2.24, 2.45) is 5.73 Å². The summed E-state index contributed by atoms with van der Waals surface area (Å²) in [6.07, 6.45) is 2.75. The van der Waals surface area contributed by atoms with E-state index in [0.29, 0.717) is 6.54 Å². The first-order valence-corrected chi connectivity index (χ1v) is 5.58. The fourth-order valence-corrected chi connectivity index (χ4v) is 1.51. The third-order valence-electron chi connectivity index (χ3n) is 2.32. The highest BCUT2D eigenvalue weighted by Gasteiger charge is 2.05. The van der Waals surface area contributed by atoms with Crippen LogP contribution in [-0.4, -0.2) is 29.4 Å². The Labute approximate surface area is 95.9 Å². The highest BCUT2D eigenvalue weighted by Crippen LogP contribution is 2.06. The largest absolute Gasteiger partial charge is 0.373 e. The maximum absolute atomic E-state index is 11.7. The van der Waals surface area contributed by atoms with E-state index in [1.54, 1.807) is 12.3 Å². The number of hydrogen-bond acceptors (Lipinski definition) is 4. The minimum Gasteiger partial charge on any atom is -0.373 e. The molecule has 1 aromatic heterocycles. The van der Waals surface area contributed by atoms with Gasteiger partial charge in [-0.15, -0.1) is 0 Å². The number of hydrogen-bond donors (Lipinski definition) is 1. The van der Waals surface area contributed by atoms with Gasteiger partial charge >= 0.3 is 0 Å². The summed E-state index contributed by atoms with van der Waals surface area (Å²) in [7, 11) is 1.95. The molecule has 1 aromatic rings. The van der Waals surface area contributed by atoms with Gasteiger partial charge in [0.05, 0.1) is 18.4 Å². The van der Waals surface area contributed by atoms with Crippen LogP contribution in [0.15, 0.2) is 17.1 Å². The fraction of sp³-hybridized carbons (Fsp3) is 0.636. The van der Waals surface area contributed by atoms with Gasteiger partial charge in [-0.25, -0.2) is 4.68 Å². The van der Waals surface area contributed by atoms with Gasteiger partial charge in [0.2, 0.25) is 0 Å². The average Bonchev–Trinajstić information content (AvgIpc) is 2.20. The second kappa shape index (κ2) is 5.65. The molecule has 2 N–H and O–H groups in total. The van der Waals surface area contributed by atoms with Crippen LogP contribution in [-0.2, 0) is 6.54 Å². The van der Waals surface area contributed by atoms with Crippen molar-refractivity contribution in [1.29, 1.82) is 0 Å². The molecule has 0 saturated carbocycles. The van der Waals surface area contributed by atoms with Crippen LogP contribution in [0.5, 0.6) is 0 Å². The Morgan fingerprint density at radius 2 is 2.31 bits per heavy atom. The van der Waals surface area contributed by atoms with E-state index in [2.05, 4.69) is 12.0 Å². The standard InChI is InChI=1S/C11H20N4O/c1-4-5-14(3)10-6-11(16)15(13-7-10)8-9(2)12/h6-7,9H,4-5,8,12H2,1-3H3/t9-/m0/s1. The quantitative estimate of drug-likeness (QED) is 0.788. The van der Waals surface area contributed by atoms with Gasteiger partial charge in [0.1, 0.15) is 0 Å². The SMILES string of the molecule is CCCN(C)c1cnn(C[C@H](C)N)c(=O)c1. The van der Waals surface area contributed by atoms with E-state index < -0.39 is 0 Å². The topological polar surface area (TPSA) is 64.2 Å². The van der Waals surface area contributed by atoms with Gasteiger partial charge in [-0.2, -0.15) is 5.10 Å². The maximum Gasteiger partial charge on any atom is 0.268 e. The molecule has 16 heavy (non-hydrogen) atoms. The lowest BCUT2D eigenvalue weighted by atomic mass is 10.3. The summed E-state index contributed by atoms with van der Waals surface area (Å²) in [4.78, 5) is 13.7. The zero-order valence-corrected chi connectivity index (χ0v) is 10.2. The third kappa shape index (κ3) is 3.34. The molecule has 1 heterocycles. The summed E-state index contributed by atoms with van der Waals surface area (Å²) in [6, 6.07) is 1.54. The molecule has 0 spiro atoms. The summed E-state index contributed by atoms with van der Waals surface area (Å²) in [5, 5.41) is 4.10. The lowest BCUT2D eigenvalue weighted by Crippen LogP contribution is -2.32. The number of nitrogens with two attached hydrogens (primary N) is 1. The van der Waals surface area contributed by atoms with Crippen molar-refractivity contribution >= 4 is 5.69 Å². The lowest BCUT2D eigenvalue weighted by Gasteiger charge is -2.18. The molecule has 0 aliphatic rings. The Morgan fingerprint density at radius 1 is 1.62 bits per heavy atom. The first kappa shape index (κ1) is 12.7. The van der Waals surface area contributed by atoms with Crippen LogP contribution in [0.1, 0.15) is 20.3 Å². The van der Waals surface area contributed by atoms with Crippen molar-refractivity contribution in [3.63, 3.8) is 0 Å². The highest BCUT2D eigenvalue weighted by atomic mass is 16.1. The number of anilines is 1. The highest BCUT2D eigenvalue weighted by molar-refractivity contribution is 5.41. The number of aromatic nitrogens is 2. The molecular weight excluding hydrogens is 204 g/mol. The van der Waals surface area contributed by atoms with Gasteiger partial charge in [0.15, 0.2) is 0 Å². The Kier molecular flexibility index (Phi) is 4.49. The molecule has 0 amide bonds. The van der Waals surface area contributed by atoms with Gasteiger partial charge in [0, 0.05) is 25.7 Å². The summed E-state index contributed by atoms with van der Waals surface area (Å²) in [5.41, 5.74) is 6.38.